The zero-order valence-corrected chi connectivity index (χ0v) is 20.4. The van der Waals surface area contributed by atoms with Crippen LogP contribution in [0.4, 0.5) is 0 Å². The van der Waals surface area contributed by atoms with E-state index < -0.39 is 23.9 Å². The number of hydrogen-bond donors (Lipinski definition) is 0. The molecule has 3 rings (SSSR count). The van der Waals surface area contributed by atoms with Gasteiger partial charge < -0.3 is 18.9 Å². The van der Waals surface area contributed by atoms with Crippen molar-refractivity contribution < 1.29 is 38.1 Å². The minimum Gasteiger partial charge on any atom is -0.462 e. The first-order valence-electron chi connectivity index (χ1n) is 11.4. The summed E-state index contributed by atoms with van der Waals surface area (Å²) in [7, 11) is 0. The fourth-order valence-electron chi connectivity index (χ4n) is 3.19. The van der Waals surface area contributed by atoms with Crippen molar-refractivity contribution in [1.82, 2.24) is 0 Å². The molecule has 0 atom stereocenters. The van der Waals surface area contributed by atoms with Crippen molar-refractivity contribution >= 4 is 23.9 Å². The molecule has 0 heterocycles. The normalized spacial score (nSPS) is 10.0. The van der Waals surface area contributed by atoms with Crippen LogP contribution < -0.4 is 14.2 Å². The van der Waals surface area contributed by atoms with Crippen molar-refractivity contribution in [2.45, 2.75) is 6.42 Å². The Kier molecular flexibility index (Phi) is 9.48. The van der Waals surface area contributed by atoms with E-state index in [2.05, 4.69) is 19.7 Å². The van der Waals surface area contributed by atoms with Gasteiger partial charge in [0.25, 0.3) is 0 Å². The van der Waals surface area contributed by atoms with Gasteiger partial charge in [0.2, 0.25) is 0 Å². The van der Waals surface area contributed by atoms with Crippen molar-refractivity contribution in [3.63, 3.8) is 0 Å². The zero-order valence-electron chi connectivity index (χ0n) is 20.4. The summed E-state index contributed by atoms with van der Waals surface area (Å²) in [5.74, 6) is -2.01. The van der Waals surface area contributed by atoms with Gasteiger partial charge in [-0.3, -0.25) is 0 Å². The van der Waals surface area contributed by atoms with Gasteiger partial charge in [-0.05, 0) is 53.1 Å². The molecule has 3 aromatic rings. The number of rotatable bonds is 11. The van der Waals surface area contributed by atoms with E-state index in [9.17, 15) is 19.2 Å². The highest BCUT2D eigenvalue weighted by Crippen LogP contribution is 2.29. The van der Waals surface area contributed by atoms with E-state index >= 15 is 0 Å². The van der Waals surface area contributed by atoms with E-state index in [4.69, 9.17) is 18.9 Å². The molecule has 3 aromatic carbocycles. The Morgan fingerprint density at radius 2 is 1.16 bits per heavy atom. The Hall–Kier alpha value is -5.24. The predicted molar refractivity (Wildman–Crippen MR) is 140 cm³/mol. The Morgan fingerprint density at radius 1 is 0.632 bits per heavy atom. The molecular weight excluding hydrogens is 488 g/mol. The molecule has 0 aromatic heterocycles. The average molecular weight is 513 g/mol. The molecule has 0 aliphatic heterocycles. The van der Waals surface area contributed by atoms with Crippen LogP contribution in [-0.4, -0.2) is 30.5 Å². The molecule has 0 saturated heterocycles. The quantitative estimate of drug-likeness (QED) is 0.200. The molecule has 0 unspecified atom stereocenters. The lowest BCUT2D eigenvalue weighted by molar-refractivity contribution is -0.131. The fourth-order valence-corrected chi connectivity index (χ4v) is 3.19. The monoisotopic (exact) mass is 512 g/mol. The van der Waals surface area contributed by atoms with Crippen LogP contribution in [0.1, 0.15) is 15.9 Å². The summed E-state index contributed by atoms with van der Waals surface area (Å²) in [5.41, 5.74) is 2.79. The highest BCUT2D eigenvalue weighted by atomic mass is 16.6. The van der Waals surface area contributed by atoms with Gasteiger partial charge in [0.1, 0.15) is 5.75 Å². The molecule has 0 amide bonds. The van der Waals surface area contributed by atoms with Crippen LogP contribution >= 0.6 is 0 Å². The molecule has 0 radical (unpaired) electrons. The first-order chi connectivity index (χ1) is 18.3. The van der Waals surface area contributed by atoms with E-state index in [1.54, 1.807) is 54.6 Å². The second-order valence-corrected chi connectivity index (χ2v) is 7.64. The number of benzene rings is 3. The topological polar surface area (TPSA) is 105 Å². The Morgan fingerprint density at radius 3 is 1.74 bits per heavy atom. The number of esters is 4. The number of carbonyl (C=O) groups is 4. The summed E-state index contributed by atoms with van der Waals surface area (Å²) < 4.78 is 20.7. The van der Waals surface area contributed by atoms with Gasteiger partial charge in [-0.1, -0.05) is 50.1 Å². The van der Waals surface area contributed by atoms with Crippen molar-refractivity contribution in [2.24, 2.45) is 0 Å². The first kappa shape index (κ1) is 27.3. The molecule has 192 valence electrons. The SMILES string of the molecule is C=CC(=O)Oc1ccc(-c2ccc(C(=O)OCCc3ccc(OC(=O)C=C)c(OC(=O)C=C)c3)cc2)cc1. The third-order valence-corrected chi connectivity index (χ3v) is 5.08. The van der Waals surface area contributed by atoms with Gasteiger partial charge in [-0.25, -0.2) is 19.2 Å². The van der Waals surface area contributed by atoms with Crippen LogP contribution in [0.2, 0.25) is 0 Å². The summed E-state index contributed by atoms with van der Waals surface area (Å²) >= 11 is 0. The van der Waals surface area contributed by atoms with Gasteiger partial charge in [-0.2, -0.15) is 0 Å². The molecule has 0 bridgehead atoms. The number of carbonyl (C=O) groups excluding carboxylic acids is 4. The predicted octanol–water partition coefficient (Wildman–Crippen LogP) is 5.03. The van der Waals surface area contributed by atoms with Crippen LogP contribution in [0.15, 0.2) is 105 Å². The van der Waals surface area contributed by atoms with Crippen LogP contribution in [0.3, 0.4) is 0 Å². The van der Waals surface area contributed by atoms with Gasteiger partial charge in [0, 0.05) is 24.6 Å². The molecule has 0 saturated carbocycles. The molecule has 0 spiro atoms. The molecule has 0 aliphatic carbocycles. The van der Waals surface area contributed by atoms with Crippen molar-refractivity contribution in [3.05, 3.63) is 116 Å². The maximum Gasteiger partial charge on any atom is 0.338 e. The second-order valence-electron chi connectivity index (χ2n) is 7.64. The van der Waals surface area contributed by atoms with Crippen molar-refractivity contribution in [1.29, 1.82) is 0 Å². The fraction of sp³-hybridized carbons (Fsp3) is 0.0667. The lowest BCUT2D eigenvalue weighted by Gasteiger charge is -2.11. The summed E-state index contributed by atoms with van der Waals surface area (Å²) in [5, 5.41) is 0. The molecular formula is C30H24O8. The largest absolute Gasteiger partial charge is 0.462 e. The summed E-state index contributed by atoms with van der Waals surface area (Å²) in [4.78, 5) is 47.0. The molecule has 8 heteroatoms. The lowest BCUT2D eigenvalue weighted by Crippen LogP contribution is -2.10. The smallest absolute Gasteiger partial charge is 0.338 e. The van der Waals surface area contributed by atoms with E-state index in [1.807, 2.05) is 0 Å². The molecule has 0 fully saturated rings. The van der Waals surface area contributed by atoms with Gasteiger partial charge >= 0.3 is 23.9 Å². The van der Waals surface area contributed by atoms with Crippen LogP contribution in [-0.2, 0) is 25.5 Å². The summed E-state index contributed by atoms with van der Waals surface area (Å²) in [6.45, 7) is 10.1. The van der Waals surface area contributed by atoms with Crippen LogP contribution in [0, 0.1) is 0 Å². The minimum absolute atomic E-state index is 0.0245. The maximum absolute atomic E-state index is 12.5. The Balaban J connectivity index is 1.59. The maximum atomic E-state index is 12.5. The second kappa shape index (κ2) is 13.2. The first-order valence-corrected chi connectivity index (χ1v) is 11.4. The highest BCUT2D eigenvalue weighted by molar-refractivity contribution is 5.90. The summed E-state index contributed by atoms with van der Waals surface area (Å²) in [6, 6.07) is 18.4. The van der Waals surface area contributed by atoms with Gasteiger partial charge in [0.15, 0.2) is 11.5 Å². The molecule has 0 aliphatic rings. The van der Waals surface area contributed by atoms with Gasteiger partial charge in [-0.15, -0.1) is 0 Å². The van der Waals surface area contributed by atoms with E-state index in [1.165, 1.54) is 12.1 Å². The van der Waals surface area contributed by atoms with Crippen molar-refractivity contribution in [3.8, 4) is 28.4 Å². The lowest BCUT2D eigenvalue weighted by atomic mass is 10.0. The van der Waals surface area contributed by atoms with Crippen LogP contribution in [0.5, 0.6) is 17.2 Å². The van der Waals surface area contributed by atoms with E-state index in [-0.39, 0.29) is 18.1 Å². The third kappa shape index (κ3) is 7.63. The number of hydrogen-bond acceptors (Lipinski definition) is 8. The zero-order chi connectivity index (χ0) is 27.5. The molecule has 0 N–H and O–H groups in total. The highest BCUT2D eigenvalue weighted by Gasteiger charge is 2.13. The third-order valence-electron chi connectivity index (χ3n) is 5.08. The number of ether oxygens (including phenoxy) is 4. The summed E-state index contributed by atoms with van der Waals surface area (Å²) in [6.07, 6.45) is 3.37. The van der Waals surface area contributed by atoms with Crippen molar-refractivity contribution in [2.75, 3.05) is 6.61 Å². The van der Waals surface area contributed by atoms with E-state index in [0.29, 0.717) is 23.3 Å². The Bertz CT molecular complexity index is 1370. The average Bonchev–Trinajstić information content (AvgIpc) is 2.94. The molecule has 38 heavy (non-hydrogen) atoms. The van der Waals surface area contributed by atoms with Gasteiger partial charge in [0.05, 0.1) is 12.2 Å². The molecule has 8 nitrogen and oxygen atoms in total. The van der Waals surface area contributed by atoms with E-state index in [0.717, 1.165) is 29.4 Å². The Labute approximate surface area is 219 Å². The van der Waals surface area contributed by atoms with Crippen LogP contribution in [0.25, 0.3) is 11.1 Å². The standard InChI is InChI=1S/C30H24O8/c1-4-27(31)36-24-14-12-22(13-15-24)21-8-10-23(11-9-21)30(34)35-18-17-20-7-16-25(37-28(32)5-2)26(19-20)38-29(33)6-3/h4-16,19H,1-3,17-18H2. The minimum atomic E-state index is -0.722.